The molecule has 2 aromatic carbocycles. The molecule has 1 aliphatic rings. The number of benzene rings is 2. The predicted octanol–water partition coefficient (Wildman–Crippen LogP) is 2.29. The molecule has 0 atom stereocenters. The van der Waals surface area contributed by atoms with Crippen molar-refractivity contribution in [2.75, 3.05) is 48.6 Å². The van der Waals surface area contributed by atoms with Gasteiger partial charge in [-0.2, -0.15) is 0 Å². The molecule has 6 heteroatoms. The number of hydrogen-bond acceptors (Lipinski definition) is 5. The normalized spacial score (nSPS) is 19.1. The van der Waals surface area contributed by atoms with Crippen LogP contribution < -0.4 is 23.8 Å². The van der Waals surface area contributed by atoms with E-state index < -0.39 is 0 Å². The van der Waals surface area contributed by atoms with Crippen LogP contribution in [-0.2, 0) is 4.79 Å². The number of ketones is 1. The number of ether oxygens (including phenoxy) is 4. The van der Waals surface area contributed by atoms with Crippen LogP contribution in [-0.4, -0.2) is 54.4 Å². The van der Waals surface area contributed by atoms with Crippen molar-refractivity contribution >= 4 is 17.9 Å². The highest BCUT2D eigenvalue weighted by atomic mass is 16.5. The van der Waals surface area contributed by atoms with Crippen molar-refractivity contribution in [2.45, 2.75) is 0 Å². The number of methoxy groups -OCH3 is 4. The summed E-state index contributed by atoms with van der Waals surface area (Å²) in [6, 6.07) is 11.1. The van der Waals surface area contributed by atoms with Crippen molar-refractivity contribution in [2.24, 2.45) is 0 Å². The quantitative estimate of drug-likeness (QED) is 0.741. The highest BCUT2D eigenvalue weighted by molar-refractivity contribution is 6.14. The number of carbonyl (C=O) groups excluding carboxylic acids is 1. The Morgan fingerprint density at radius 3 is 1.53 bits per heavy atom. The first-order valence-corrected chi connectivity index (χ1v) is 9.70. The first kappa shape index (κ1) is 21.5. The van der Waals surface area contributed by atoms with Gasteiger partial charge < -0.3 is 23.8 Å². The summed E-state index contributed by atoms with van der Waals surface area (Å²) in [5.41, 5.74) is 3.16. The molecule has 158 valence electrons. The summed E-state index contributed by atoms with van der Waals surface area (Å²) in [5, 5.41) is 0. The van der Waals surface area contributed by atoms with Gasteiger partial charge in [-0.05, 0) is 36.4 Å². The SMILES string of the molecule is COc1ccc(/C=C2\C[NH+](C)C/C(=C\c3ccc(OC)cc3OC)C2=O)c(OC)c1. The second kappa shape index (κ2) is 9.50. The molecule has 0 aromatic heterocycles. The van der Waals surface area contributed by atoms with E-state index in [4.69, 9.17) is 18.9 Å². The first-order valence-electron chi connectivity index (χ1n) is 9.70. The van der Waals surface area contributed by atoms with E-state index in [1.807, 2.05) is 48.6 Å². The van der Waals surface area contributed by atoms with E-state index in [2.05, 4.69) is 7.05 Å². The largest absolute Gasteiger partial charge is 0.497 e. The van der Waals surface area contributed by atoms with Gasteiger partial charge in [0.25, 0.3) is 0 Å². The number of Topliss-reactive ketones (excluding diaryl/α,β-unsaturated/α-hetero) is 1. The second-order valence-corrected chi connectivity index (χ2v) is 7.19. The standard InChI is InChI=1S/C24H27NO5/c1-25-14-18(10-16-6-8-20(27-2)12-22(16)29-4)24(26)19(15-25)11-17-7-9-21(28-3)13-23(17)30-5/h6-13H,14-15H2,1-5H3/p+1/b18-10+,19-11+. The summed E-state index contributed by atoms with van der Waals surface area (Å²) in [6.07, 6.45) is 3.81. The molecule has 0 spiro atoms. The van der Waals surface area contributed by atoms with Crippen molar-refractivity contribution in [3.05, 3.63) is 58.7 Å². The maximum Gasteiger partial charge on any atom is 0.196 e. The number of carbonyl (C=O) groups is 1. The van der Waals surface area contributed by atoms with E-state index in [-0.39, 0.29) is 5.78 Å². The fraction of sp³-hybridized carbons (Fsp3) is 0.292. The predicted molar refractivity (Wildman–Crippen MR) is 117 cm³/mol. The average Bonchev–Trinajstić information content (AvgIpc) is 2.77. The molecule has 3 rings (SSSR count). The summed E-state index contributed by atoms with van der Waals surface area (Å²) in [5.74, 6) is 2.79. The molecule has 0 bridgehead atoms. The Morgan fingerprint density at radius 1 is 0.733 bits per heavy atom. The van der Waals surface area contributed by atoms with Crippen LogP contribution in [0, 0.1) is 0 Å². The number of likely N-dealkylation sites (N-methyl/N-ethyl adjacent to an activating group) is 1. The molecule has 1 aliphatic heterocycles. The fourth-order valence-electron chi connectivity index (χ4n) is 3.56. The average molecular weight is 410 g/mol. The van der Waals surface area contributed by atoms with Gasteiger partial charge >= 0.3 is 0 Å². The van der Waals surface area contributed by atoms with Crippen molar-refractivity contribution in [3.8, 4) is 23.0 Å². The van der Waals surface area contributed by atoms with E-state index in [1.54, 1.807) is 28.4 Å². The minimum absolute atomic E-state index is 0.0383. The van der Waals surface area contributed by atoms with E-state index in [1.165, 1.54) is 4.90 Å². The zero-order valence-electron chi connectivity index (χ0n) is 18.1. The number of rotatable bonds is 6. The third-order valence-corrected chi connectivity index (χ3v) is 5.11. The van der Waals surface area contributed by atoms with Crippen LogP contribution >= 0.6 is 0 Å². The zero-order valence-corrected chi connectivity index (χ0v) is 18.1. The molecule has 1 N–H and O–H groups in total. The summed E-state index contributed by atoms with van der Waals surface area (Å²) in [7, 11) is 8.52. The maximum atomic E-state index is 13.2. The second-order valence-electron chi connectivity index (χ2n) is 7.19. The maximum absolute atomic E-state index is 13.2. The Hall–Kier alpha value is -3.25. The van der Waals surface area contributed by atoms with Crippen molar-refractivity contribution in [3.63, 3.8) is 0 Å². The van der Waals surface area contributed by atoms with Crippen LogP contribution in [0.25, 0.3) is 12.2 Å². The van der Waals surface area contributed by atoms with Crippen molar-refractivity contribution < 1.29 is 28.6 Å². The zero-order chi connectivity index (χ0) is 21.7. The fourth-order valence-corrected chi connectivity index (χ4v) is 3.56. The Balaban J connectivity index is 1.98. The Morgan fingerprint density at radius 2 is 1.17 bits per heavy atom. The summed E-state index contributed by atoms with van der Waals surface area (Å²) in [6.45, 7) is 1.29. The van der Waals surface area contributed by atoms with Gasteiger partial charge in [0.1, 0.15) is 36.1 Å². The molecule has 30 heavy (non-hydrogen) atoms. The highest BCUT2D eigenvalue weighted by Gasteiger charge is 2.27. The van der Waals surface area contributed by atoms with Crippen LogP contribution in [0.2, 0.25) is 0 Å². The third-order valence-electron chi connectivity index (χ3n) is 5.11. The van der Waals surface area contributed by atoms with E-state index >= 15 is 0 Å². The van der Waals surface area contributed by atoms with Crippen LogP contribution in [0.1, 0.15) is 11.1 Å². The van der Waals surface area contributed by atoms with Gasteiger partial charge in [0, 0.05) is 23.3 Å². The molecule has 2 aromatic rings. The van der Waals surface area contributed by atoms with Crippen LogP contribution in [0.5, 0.6) is 23.0 Å². The molecule has 1 fully saturated rings. The van der Waals surface area contributed by atoms with Gasteiger partial charge in [-0.25, -0.2) is 0 Å². The minimum Gasteiger partial charge on any atom is -0.497 e. The van der Waals surface area contributed by atoms with Gasteiger partial charge in [-0.3, -0.25) is 4.79 Å². The number of hydrogen-bond donors (Lipinski definition) is 1. The highest BCUT2D eigenvalue weighted by Crippen LogP contribution is 2.29. The van der Waals surface area contributed by atoms with Crippen molar-refractivity contribution in [1.82, 2.24) is 0 Å². The third kappa shape index (κ3) is 4.66. The summed E-state index contributed by atoms with van der Waals surface area (Å²) in [4.78, 5) is 14.5. The lowest BCUT2D eigenvalue weighted by Crippen LogP contribution is -3.10. The van der Waals surface area contributed by atoms with Gasteiger partial charge in [0.2, 0.25) is 0 Å². The summed E-state index contributed by atoms with van der Waals surface area (Å²) < 4.78 is 21.5. The number of nitrogens with one attached hydrogen (secondary N) is 1. The van der Waals surface area contributed by atoms with Gasteiger partial charge in [0.05, 0.1) is 46.6 Å². The molecule has 0 radical (unpaired) electrons. The Bertz CT molecular complexity index is 916. The van der Waals surface area contributed by atoms with E-state index in [9.17, 15) is 4.79 Å². The molecule has 0 unspecified atom stereocenters. The van der Waals surface area contributed by atoms with Crippen LogP contribution in [0.3, 0.4) is 0 Å². The smallest absolute Gasteiger partial charge is 0.196 e. The van der Waals surface area contributed by atoms with E-state index in [0.717, 1.165) is 22.3 Å². The number of likely N-dealkylation sites (tertiary alicyclic amines) is 1. The molecule has 0 amide bonds. The first-order chi connectivity index (χ1) is 14.5. The van der Waals surface area contributed by atoms with Crippen LogP contribution in [0.15, 0.2) is 47.5 Å². The molecular weight excluding hydrogens is 382 g/mol. The van der Waals surface area contributed by atoms with Gasteiger partial charge in [-0.15, -0.1) is 0 Å². The molecular formula is C24H28NO5+. The van der Waals surface area contributed by atoms with Crippen molar-refractivity contribution in [1.29, 1.82) is 0 Å². The molecule has 0 aliphatic carbocycles. The lowest BCUT2D eigenvalue weighted by atomic mass is 9.94. The van der Waals surface area contributed by atoms with Gasteiger partial charge in [-0.1, -0.05) is 0 Å². The molecule has 1 heterocycles. The number of quaternary nitrogens is 1. The lowest BCUT2D eigenvalue weighted by Gasteiger charge is -2.23. The number of piperidine rings is 1. The topological polar surface area (TPSA) is 58.4 Å². The molecule has 0 saturated carbocycles. The van der Waals surface area contributed by atoms with Gasteiger partial charge in [0.15, 0.2) is 5.78 Å². The van der Waals surface area contributed by atoms with Crippen LogP contribution in [0.4, 0.5) is 0 Å². The summed E-state index contributed by atoms with van der Waals surface area (Å²) >= 11 is 0. The monoisotopic (exact) mass is 410 g/mol. The molecule has 1 saturated heterocycles. The van der Waals surface area contributed by atoms with E-state index in [0.29, 0.717) is 36.1 Å². The Kier molecular flexibility index (Phi) is 6.79. The molecule has 6 nitrogen and oxygen atoms in total. The Labute approximate surface area is 177 Å². The minimum atomic E-state index is 0.0383. The lowest BCUT2D eigenvalue weighted by molar-refractivity contribution is -0.870.